The van der Waals surface area contributed by atoms with E-state index in [1.165, 1.54) is 6.42 Å². The van der Waals surface area contributed by atoms with E-state index in [1.54, 1.807) is 43.8 Å². The highest BCUT2D eigenvalue weighted by Gasteiger charge is 2.24. The van der Waals surface area contributed by atoms with E-state index < -0.39 is 10.0 Å². The molecule has 146 valence electrons. The second kappa shape index (κ2) is 7.82. The minimum atomic E-state index is -3.68. The Morgan fingerprint density at radius 1 is 1.19 bits per heavy atom. The topological polar surface area (TPSA) is 84.3 Å². The number of nitrogens with zero attached hydrogens (tertiary/aromatic N) is 3. The van der Waals surface area contributed by atoms with Crippen LogP contribution < -0.4 is 4.72 Å². The van der Waals surface area contributed by atoms with Crippen molar-refractivity contribution in [1.82, 2.24) is 19.4 Å². The molecule has 7 nitrogen and oxygen atoms in total. The number of aromatic nitrogens is 2. The standard InChI is InChI=1S/C19H26N4O3S/c1-14-18(15(2)22(3)21-14)27(25,26)20-13-16-8-7-9-17(12-16)19(24)23-10-5-4-6-11-23/h7-9,12,20H,4-6,10-11,13H2,1-3H3. The number of rotatable bonds is 5. The first-order valence-corrected chi connectivity index (χ1v) is 10.7. The van der Waals surface area contributed by atoms with Crippen LogP contribution in [0.25, 0.3) is 0 Å². The van der Waals surface area contributed by atoms with Crippen molar-refractivity contribution in [2.24, 2.45) is 7.05 Å². The van der Waals surface area contributed by atoms with Gasteiger partial charge < -0.3 is 4.90 Å². The molecule has 0 unspecified atom stereocenters. The monoisotopic (exact) mass is 390 g/mol. The van der Waals surface area contributed by atoms with Gasteiger partial charge in [0.15, 0.2) is 0 Å². The zero-order chi connectivity index (χ0) is 19.6. The Labute approximate surface area is 160 Å². The van der Waals surface area contributed by atoms with Crippen molar-refractivity contribution in [2.45, 2.75) is 44.6 Å². The number of benzene rings is 1. The van der Waals surface area contributed by atoms with Crippen LogP contribution in [-0.2, 0) is 23.6 Å². The third-order valence-corrected chi connectivity index (χ3v) is 6.65. The van der Waals surface area contributed by atoms with Gasteiger partial charge in [0, 0.05) is 32.2 Å². The molecule has 0 atom stereocenters. The van der Waals surface area contributed by atoms with Crippen LogP contribution in [0.4, 0.5) is 0 Å². The van der Waals surface area contributed by atoms with E-state index >= 15 is 0 Å². The van der Waals surface area contributed by atoms with Crippen LogP contribution in [-0.4, -0.2) is 42.1 Å². The predicted molar refractivity (Wildman–Crippen MR) is 103 cm³/mol. The number of aryl methyl sites for hydroxylation is 2. The Kier molecular flexibility index (Phi) is 5.67. The molecule has 2 aromatic rings. The van der Waals surface area contributed by atoms with Crippen molar-refractivity contribution in [3.8, 4) is 0 Å². The molecule has 8 heteroatoms. The van der Waals surface area contributed by atoms with Gasteiger partial charge in [-0.25, -0.2) is 13.1 Å². The molecule has 0 spiro atoms. The van der Waals surface area contributed by atoms with E-state index in [0.29, 0.717) is 17.0 Å². The number of sulfonamides is 1. The molecule has 1 saturated heterocycles. The molecule has 27 heavy (non-hydrogen) atoms. The summed E-state index contributed by atoms with van der Waals surface area (Å²) < 4.78 is 29.6. The van der Waals surface area contributed by atoms with Crippen LogP contribution in [0.15, 0.2) is 29.2 Å². The molecule has 1 aliphatic heterocycles. The van der Waals surface area contributed by atoms with Crippen molar-refractivity contribution in [1.29, 1.82) is 0 Å². The molecule has 0 radical (unpaired) electrons. The smallest absolute Gasteiger partial charge is 0.253 e. The molecule has 1 fully saturated rings. The summed E-state index contributed by atoms with van der Waals surface area (Å²) in [6.45, 7) is 5.10. The van der Waals surface area contributed by atoms with Gasteiger partial charge in [-0.1, -0.05) is 12.1 Å². The molecule has 3 rings (SSSR count). The van der Waals surface area contributed by atoms with Gasteiger partial charge in [0.05, 0.1) is 11.4 Å². The molecule has 1 amide bonds. The Morgan fingerprint density at radius 3 is 2.52 bits per heavy atom. The maximum absolute atomic E-state index is 12.7. The minimum absolute atomic E-state index is 0.0124. The Morgan fingerprint density at radius 2 is 1.89 bits per heavy atom. The maximum atomic E-state index is 12.7. The van der Waals surface area contributed by atoms with Gasteiger partial charge in [0.1, 0.15) is 4.90 Å². The summed E-state index contributed by atoms with van der Waals surface area (Å²) in [6.07, 6.45) is 3.24. The highest BCUT2D eigenvalue weighted by molar-refractivity contribution is 7.89. The lowest BCUT2D eigenvalue weighted by Gasteiger charge is -2.26. The molecular formula is C19H26N4O3S. The third-order valence-electron chi connectivity index (χ3n) is 4.99. The van der Waals surface area contributed by atoms with E-state index in [4.69, 9.17) is 0 Å². The molecule has 1 aliphatic rings. The SMILES string of the molecule is Cc1nn(C)c(C)c1S(=O)(=O)NCc1cccc(C(=O)N2CCCCC2)c1. The summed E-state index contributed by atoms with van der Waals surface area (Å²) in [6, 6.07) is 7.16. The maximum Gasteiger partial charge on any atom is 0.253 e. The average molecular weight is 391 g/mol. The summed E-state index contributed by atoms with van der Waals surface area (Å²) in [5, 5.41) is 4.17. The number of likely N-dealkylation sites (tertiary alicyclic amines) is 1. The first-order valence-electron chi connectivity index (χ1n) is 9.17. The van der Waals surface area contributed by atoms with Crippen LogP contribution in [0, 0.1) is 13.8 Å². The van der Waals surface area contributed by atoms with Gasteiger partial charge in [0.2, 0.25) is 10.0 Å². The second-order valence-corrected chi connectivity index (χ2v) is 8.71. The van der Waals surface area contributed by atoms with Crippen LogP contribution in [0.5, 0.6) is 0 Å². The first-order chi connectivity index (χ1) is 12.8. The van der Waals surface area contributed by atoms with E-state index in [2.05, 4.69) is 9.82 Å². The number of hydrogen-bond acceptors (Lipinski definition) is 4. The van der Waals surface area contributed by atoms with Crippen LogP contribution in [0.3, 0.4) is 0 Å². The van der Waals surface area contributed by atoms with Crippen LogP contribution in [0.2, 0.25) is 0 Å². The van der Waals surface area contributed by atoms with Crippen molar-refractivity contribution in [3.63, 3.8) is 0 Å². The first kappa shape index (κ1) is 19.6. The highest BCUT2D eigenvalue weighted by Crippen LogP contribution is 2.19. The number of carbonyl (C=O) groups is 1. The van der Waals surface area contributed by atoms with Crippen LogP contribution in [0.1, 0.15) is 46.6 Å². The van der Waals surface area contributed by atoms with Crippen molar-refractivity contribution in [3.05, 3.63) is 46.8 Å². The van der Waals surface area contributed by atoms with E-state index in [0.717, 1.165) is 31.5 Å². The fraction of sp³-hybridized carbons (Fsp3) is 0.474. The molecule has 2 heterocycles. The zero-order valence-electron chi connectivity index (χ0n) is 16.0. The van der Waals surface area contributed by atoms with Crippen molar-refractivity contribution < 1.29 is 13.2 Å². The fourth-order valence-corrected chi connectivity index (χ4v) is 4.94. The molecule has 1 aromatic carbocycles. The largest absolute Gasteiger partial charge is 0.339 e. The van der Waals surface area contributed by atoms with E-state index in [9.17, 15) is 13.2 Å². The van der Waals surface area contributed by atoms with Crippen LogP contribution >= 0.6 is 0 Å². The molecule has 1 aromatic heterocycles. The molecule has 1 N–H and O–H groups in total. The minimum Gasteiger partial charge on any atom is -0.339 e. The number of hydrogen-bond donors (Lipinski definition) is 1. The van der Waals surface area contributed by atoms with Crippen molar-refractivity contribution in [2.75, 3.05) is 13.1 Å². The second-order valence-electron chi connectivity index (χ2n) is 7.00. The lowest BCUT2D eigenvalue weighted by atomic mass is 10.1. The number of nitrogens with one attached hydrogen (secondary N) is 1. The Hall–Kier alpha value is -2.19. The molecule has 0 bridgehead atoms. The quantitative estimate of drug-likeness (QED) is 0.848. The number of amides is 1. The predicted octanol–water partition coefficient (Wildman–Crippen LogP) is 2.14. The van der Waals surface area contributed by atoms with Gasteiger partial charge in [-0.2, -0.15) is 5.10 Å². The molecule has 0 aliphatic carbocycles. The molecular weight excluding hydrogens is 364 g/mol. The summed E-state index contributed by atoms with van der Waals surface area (Å²) in [5.74, 6) is 0.0124. The summed E-state index contributed by atoms with van der Waals surface area (Å²) >= 11 is 0. The lowest BCUT2D eigenvalue weighted by molar-refractivity contribution is 0.0724. The number of carbonyl (C=O) groups excluding carboxylic acids is 1. The van der Waals surface area contributed by atoms with Crippen molar-refractivity contribution >= 4 is 15.9 Å². The lowest BCUT2D eigenvalue weighted by Crippen LogP contribution is -2.35. The number of piperidine rings is 1. The Bertz CT molecular complexity index is 944. The highest BCUT2D eigenvalue weighted by atomic mass is 32.2. The van der Waals surface area contributed by atoms with Gasteiger partial charge in [-0.05, 0) is 50.8 Å². The van der Waals surface area contributed by atoms with E-state index in [1.807, 2.05) is 11.0 Å². The summed E-state index contributed by atoms with van der Waals surface area (Å²) in [7, 11) is -1.96. The Balaban J connectivity index is 1.74. The summed E-state index contributed by atoms with van der Waals surface area (Å²) in [4.78, 5) is 14.7. The van der Waals surface area contributed by atoms with Gasteiger partial charge in [-0.3, -0.25) is 9.48 Å². The molecule has 0 saturated carbocycles. The third kappa shape index (κ3) is 4.22. The van der Waals surface area contributed by atoms with Gasteiger partial charge in [0.25, 0.3) is 5.91 Å². The van der Waals surface area contributed by atoms with Gasteiger partial charge >= 0.3 is 0 Å². The average Bonchev–Trinajstić information content (AvgIpc) is 2.93. The van der Waals surface area contributed by atoms with E-state index in [-0.39, 0.29) is 17.3 Å². The zero-order valence-corrected chi connectivity index (χ0v) is 16.8. The normalized spacial score (nSPS) is 15.1. The fourth-order valence-electron chi connectivity index (χ4n) is 3.49. The summed E-state index contributed by atoms with van der Waals surface area (Å²) in [5.41, 5.74) is 2.41. The van der Waals surface area contributed by atoms with Gasteiger partial charge in [-0.15, -0.1) is 0 Å².